The van der Waals surface area contributed by atoms with E-state index in [0.29, 0.717) is 27.0 Å². The van der Waals surface area contributed by atoms with Gasteiger partial charge in [0.2, 0.25) is 11.0 Å². The molecule has 0 aliphatic heterocycles. The quantitative estimate of drug-likeness (QED) is 0.559. The summed E-state index contributed by atoms with van der Waals surface area (Å²) < 4.78 is 0. The van der Waals surface area contributed by atoms with Crippen molar-refractivity contribution in [2.75, 3.05) is 16.8 Å². The van der Waals surface area contributed by atoms with Crippen molar-refractivity contribution in [3.05, 3.63) is 46.0 Å². The van der Waals surface area contributed by atoms with Gasteiger partial charge in [0.25, 0.3) is 0 Å². The van der Waals surface area contributed by atoms with Gasteiger partial charge in [0.05, 0.1) is 5.56 Å². The first-order chi connectivity index (χ1) is 14.4. The molecule has 0 radical (unpaired) electrons. The van der Waals surface area contributed by atoms with E-state index in [1.54, 1.807) is 6.92 Å². The standard InChI is InChI=1S/C20H17N7OS2/c1-11-3-5-13(6-4-11)17-14(9-21)18(23)25-19(15(17)10-22)29-8-7-16(28)24-20-27-26-12(2)30-20/h3-6H,7-8H2,1-2H3,(H2,23,25)(H,24,27,28). The summed E-state index contributed by atoms with van der Waals surface area (Å²) in [4.78, 5) is 16.4. The molecule has 30 heavy (non-hydrogen) atoms. The molecule has 8 nitrogen and oxygen atoms in total. The number of pyridine rings is 1. The molecule has 0 saturated heterocycles. The highest BCUT2D eigenvalue weighted by Gasteiger charge is 2.20. The molecule has 10 heteroatoms. The summed E-state index contributed by atoms with van der Waals surface area (Å²) in [5.74, 6) is 0.227. The fourth-order valence-corrected chi connectivity index (χ4v) is 4.22. The Bertz CT molecular complexity index is 1170. The second kappa shape index (κ2) is 9.35. The van der Waals surface area contributed by atoms with Crippen molar-refractivity contribution < 1.29 is 4.79 Å². The number of hydrogen-bond donors (Lipinski definition) is 2. The van der Waals surface area contributed by atoms with Gasteiger partial charge < -0.3 is 11.1 Å². The zero-order valence-electron chi connectivity index (χ0n) is 16.3. The Morgan fingerprint density at radius 2 is 1.87 bits per heavy atom. The molecule has 150 valence electrons. The fourth-order valence-electron chi connectivity index (χ4n) is 2.68. The predicted octanol–water partition coefficient (Wildman–Crippen LogP) is 3.66. The summed E-state index contributed by atoms with van der Waals surface area (Å²) in [7, 11) is 0. The van der Waals surface area contributed by atoms with Gasteiger partial charge in [0.15, 0.2) is 0 Å². The van der Waals surface area contributed by atoms with Crippen LogP contribution in [0, 0.1) is 36.5 Å². The lowest BCUT2D eigenvalue weighted by Crippen LogP contribution is -2.12. The largest absolute Gasteiger partial charge is 0.383 e. The van der Waals surface area contributed by atoms with Crippen LogP contribution < -0.4 is 11.1 Å². The number of hydrogen-bond acceptors (Lipinski definition) is 9. The minimum absolute atomic E-state index is 0.0587. The van der Waals surface area contributed by atoms with Gasteiger partial charge in [-0.05, 0) is 19.4 Å². The lowest BCUT2D eigenvalue weighted by Gasteiger charge is -2.13. The van der Waals surface area contributed by atoms with Crippen LogP contribution in [-0.2, 0) is 4.79 Å². The number of rotatable bonds is 6. The summed E-state index contributed by atoms with van der Waals surface area (Å²) >= 11 is 2.54. The SMILES string of the molecule is Cc1ccc(-c2c(C#N)c(N)nc(SCCC(=O)Nc3nnc(C)s3)c2C#N)cc1. The third-order valence-corrected chi connectivity index (χ3v) is 5.83. The summed E-state index contributed by atoms with van der Waals surface area (Å²) in [5.41, 5.74) is 8.69. The molecule has 0 fully saturated rings. The number of nitrogen functional groups attached to an aromatic ring is 1. The number of nitrogens with two attached hydrogens (primary N) is 1. The van der Waals surface area contributed by atoms with Crippen molar-refractivity contribution in [2.24, 2.45) is 0 Å². The van der Waals surface area contributed by atoms with Gasteiger partial charge in [-0.25, -0.2) is 4.98 Å². The highest BCUT2D eigenvalue weighted by molar-refractivity contribution is 7.99. The molecule has 1 amide bonds. The van der Waals surface area contributed by atoms with Gasteiger partial charge in [-0.1, -0.05) is 41.2 Å². The molecule has 1 aromatic carbocycles. The van der Waals surface area contributed by atoms with Crippen LogP contribution in [0.25, 0.3) is 11.1 Å². The maximum atomic E-state index is 12.1. The molecule has 0 aliphatic carbocycles. The van der Waals surface area contributed by atoms with Gasteiger partial charge in [-0.2, -0.15) is 10.5 Å². The molecule has 0 saturated carbocycles. The van der Waals surface area contributed by atoms with E-state index >= 15 is 0 Å². The Kier molecular flexibility index (Phi) is 6.62. The van der Waals surface area contributed by atoms with E-state index in [9.17, 15) is 15.3 Å². The smallest absolute Gasteiger partial charge is 0.227 e. The van der Waals surface area contributed by atoms with E-state index in [4.69, 9.17) is 5.73 Å². The Balaban J connectivity index is 1.83. The molecular formula is C20H17N7OS2. The molecular weight excluding hydrogens is 418 g/mol. The van der Waals surface area contributed by atoms with Gasteiger partial charge >= 0.3 is 0 Å². The molecule has 3 aromatic rings. The number of nitrogens with zero attached hydrogens (tertiary/aromatic N) is 5. The zero-order chi connectivity index (χ0) is 21.7. The first-order valence-electron chi connectivity index (χ1n) is 8.86. The van der Waals surface area contributed by atoms with Gasteiger partial charge in [0.1, 0.15) is 33.6 Å². The number of nitriles is 2. The Morgan fingerprint density at radius 3 is 2.47 bits per heavy atom. The van der Waals surface area contributed by atoms with E-state index in [-0.39, 0.29) is 29.3 Å². The van der Waals surface area contributed by atoms with E-state index in [2.05, 4.69) is 32.6 Å². The van der Waals surface area contributed by atoms with Crippen molar-refractivity contribution in [1.29, 1.82) is 10.5 Å². The molecule has 0 atom stereocenters. The zero-order valence-corrected chi connectivity index (χ0v) is 17.9. The number of amides is 1. The Labute approximate surface area is 181 Å². The normalized spacial score (nSPS) is 10.3. The van der Waals surface area contributed by atoms with Crippen LogP contribution in [0.3, 0.4) is 0 Å². The number of anilines is 2. The van der Waals surface area contributed by atoms with Crippen LogP contribution >= 0.6 is 23.1 Å². The average molecular weight is 436 g/mol. The number of aromatic nitrogens is 3. The Morgan fingerprint density at radius 1 is 1.17 bits per heavy atom. The number of thioether (sulfide) groups is 1. The average Bonchev–Trinajstić information content (AvgIpc) is 3.12. The van der Waals surface area contributed by atoms with Crippen molar-refractivity contribution in [1.82, 2.24) is 15.2 Å². The summed E-state index contributed by atoms with van der Waals surface area (Å²) in [6.07, 6.45) is 0.190. The van der Waals surface area contributed by atoms with E-state index in [0.717, 1.165) is 10.6 Å². The van der Waals surface area contributed by atoms with Gasteiger partial charge in [-0.3, -0.25) is 4.79 Å². The van der Waals surface area contributed by atoms with E-state index < -0.39 is 0 Å². The molecule has 3 rings (SSSR count). The van der Waals surface area contributed by atoms with E-state index in [1.165, 1.54) is 23.1 Å². The minimum Gasteiger partial charge on any atom is -0.383 e. The highest BCUT2D eigenvalue weighted by Crippen LogP contribution is 2.35. The molecule has 0 aliphatic rings. The minimum atomic E-state index is -0.211. The molecule has 2 heterocycles. The van der Waals surface area contributed by atoms with Gasteiger partial charge in [0, 0.05) is 17.7 Å². The monoisotopic (exact) mass is 435 g/mol. The summed E-state index contributed by atoms with van der Waals surface area (Å²) in [5, 5.41) is 31.4. The number of aryl methyl sites for hydroxylation is 2. The molecule has 0 unspecified atom stereocenters. The van der Waals surface area contributed by atoms with Crippen molar-refractivity contribution in [3.63, 3.8) is 0 Å². The topological polar surface area (TPSA) is 141 Å². The third-order valence-electron chi connectivity index (χ3n) is 4.10. The van der Waals surface area contributed by atoms with Crippen molar-refractivity contribution >= 4 is 40.0 Å². The predicted molar refractivity (Wildman–Crippen MR) is 117 cm³/mol. The third kappa shape index (κ3) is 4.74. The number of nitrogens with one attached hydrogen (secondary N) is 1. The van der Waals surface area contributed by atoms with E-state index in [1.807, 2.05) is 31.2 Å². The lowest BCUT2D eigenvalue weighted by atomic mass is 9.96. The summed E-state index contributed by atoms with van der Waals surface area (Å²) in [6, 6.07) is 11.7. The maximum absolute atomic E-state index is 12.1. The molecule has 0 bridgehead atoms. The van der Waals surface area contributed by atoms with Gasteiger partial charge in [-0.15, -0.1) is 22.0 Å². The number of benzene rings is 1. The van der Waals surface area contributed by atoms with Crippen LogP contribution in [0.5, 0.6) is 0 Å². The second-order valence-corrected chi connectivity index (χ2v) is 8.55. The van der Waals surface area contributed by atoms with Crippen LogP contribution in [0.4, 0.5) is 10.9 Å². The summed E-state index contributed by atoms with van der Waals surface area (Å²) in [6.45, 7) is 3.76. The lowest BCUT2D eigenvalue weighted by molar-refractivity contribution is -0.115. The molecule has 2 aromatic heterocycles. The first-order valence-corrected chi connectivity index (χ1v) is 10.7. The fraction of sp³-hybridized carbons (Fsp3) is 0.200. The number of carbonyl (C=O) groups excluding carboxylic acids is 1. The maximum Gasteiger partial charge on any atom is 0.227 e. The van der Waals surface area contributed by atoms with Crippen molar-refractivity contribution in [3.8, 4) is 23.3 Å². The van der Waals surface area contributed by atoms with Crippen molar-refractivity contribution in [2.45, 2.75) is 25.3 Å². The highest BCUT2D eigenvalue weighted by atomic mass is 32.2. The van der Waals surface area contributed by atoms with Crippen LogP contribution in [-0.4, -0.2) is 26.8 Å². The first kappa shape index (κ1) is 21.2. The molecule has 3 N–H and O–H groups in total. The number of carbonyl (C=O) groups is 1. The van der Waals surface area contributed by atoms with Crippen LogP contribution in [0.15, 0.2) is 29.3 Å². The molecule has 0 spiro atoms. The van der Waals surface area contributed by atoms with Crippen LogP contribution in [0.2, 0.25) is 0 Å². The Hall–Kier alpha value is -3.47. The second-order valence-electron chi connectivity index (χ2n) is 6.29. The van der Waals surface area contributed by atoms with Crippen LogP contribution in [0.1, 0.15) is 28.1 Å².